The zero-order valence-corrected chi connectivity index (χ0v) is 12.3. The van der Waals surface area contributed by atoms with E-state index in [1.54, 1.807) is 6.20 Å². The Morgan fingerprint density at radius 1 is 1.53 bits per heavy atom. The van der Waals surface area contributed by atoms with E-state index in [0.29, 0.717) is 12.1 Å². The maximum Gasteiger partial charge on any atom is 0.147 e. The van der Waals surface area contributed by atoms with Crippen molar-refractivity contribution in [1.29, 1.82) is 0 Å². The van der Waals surface area contributed by atoms with Crippen LogP contribution < -0.4 is 5.32 Å². The van der Waals surface area contributed by atoms with Crippen LogP contribution in [0.1, 0.15) is 25.2 Å². The third-order valence-electron chi connectivity index (χ3n) is 3.63. The number of nitrogens with one attached hydrogen (secondary N) is 1. The van der Waals surface area contributed by atoms with Crippen LogP contribution in [-0.2, 0) is 4.74 Å². The van der Waals surface area contributed by atoms with Crippen molar-refractivity contribution in [3.05, 3.63) is 17.6 Å². The number of nitrogens with zero attached hydrogens (tertiary/aromatic N) is 3. The van der Waals surface area contributed by atoms with Crippen molar-refractivity contribution < 1.29 is 4.74 Å². The van der Waals surface area contributed by atoms with Gasteiger partial charge in [-0.3, -0.25) is 9.88 Å². The van der Waals surface area contributed by atoms with Gasteiger partial charge in [0.2, 0.25) is 0 Å². The monoisotopic (exact) mass is 264 g/mol. The number of morpholine rings is 1. The highest BCUT2D eigenvalue weighted by molar-refractivity contribution is 5.39. The van der Waals surface area contributed by atoms with Gasteiger partial charge in [0.05, 0.1) is 24.6 Å². The molecule has 1 aromatic rings. The minimum absolute atomic E-state index is 0.459. The molecule has 1 saturated heterocycles. The first-order valence-electron chi connectivity index (χ1n) is 6.95. The Morgan fingerprint density at radius 3 is 3.05 bits per heavy atom. The fourth-order valence-corrected chi connectivity index (χ4v) is 2.46. The summed E-state index contributed by atoms with van der Waals surface area (Å²) in [7, 11) is 0. The van der Waals surface area contributed by atoms with Crippen LogP contribution in [0.3, 0.4) is 0 Å². The second-order valence-electron chi connectivity index (χ2n) is 5.34. The molecule has 5 heteroatoms. The van der Waals surface area contributed by atoms with E-state index in [9.17, 15) is 0 Å². The zero-order valence-electron chi connectivity index (χ0n) is 12.3. The fourth-order valence-electron chi connectivity index (χ4n) is 2.46. The average molecular weight is 264 g/mol. The lowest BCUT2D eigenvalue weighted by atomic mass is 10.2. The van der Waals surface area contributed by atoms with Crippen molar-refractivity contribution in [2.24, 2.45) is 0 Å². The molecule has 0 aliphatic carbocycles. The van der Waals surface area contributed by atoms with Crippen molar-refractivity contribution in [3.63, 3.8) is 0 Å². The molecular weight excluding hydrogens is 240 g/mol. The highest BCUT2D eigenvalue weighted by Gasteiger charge is 2.23. The summed E-state index contributed by atoms with van der Waals surface area (Å²) in [6.45, 7) is 11.9. The van der Waals surface area contributed by atoms with Crippen LogP contribution in [0.2, 0.25) is 0 Å². The number of hydrogen-bond donors (Lipinski definition) is 1. The Balaban J connectivity index is 1.92. The maximum absolute atomic E-state index is 5.48. The van der Waals surface area contributed by atoms with Gasteiger partial charge in [0.15, 0.2) is 0 Å². The van der Waals surface area contributed by atoms with Crippen LogP contribution in [0.5, 0.6) is 0 Å². The Kier molecular flexibility index (Phi) is 4.71. The first kappa shape index (κ1) is 14.2. The van der Waals surface area contributed by atoms with E-state index < -0.39 is 0 Å². The van der Waals surface area contributed by atoms with Crippen molar-refractivity contribution in [2.45, 2.75) is 39.8 Å². The van der Waals surface area contributed by atoms with E-state index >= 15 is 0 Å². The molecule has 0 saturated carbocycles. The zero-order chi connectivity index (χ0) is 13.8. The molecule has 0 spiro atoms. The average Bonchev–Trinajstić information content (AvgIpc) is 2.40. The fraction of sp³-hybridized carbons (Fsp3) is 0.714. The molecule has 1 aliphatic rings. The Labute approximate surface area is 115 Å². The van der Waals surface area contributed by atoms with Crippen molar-refractivity contribution in [3.8, 4) is 0 Å². The molecule has 1 N–H and O–H groups in total. The lowest BCUT2D eigenvalue weighted by molar-refractivity contribution is -0.0159. The minimum atomic E-state index is 0.459. The molecule has 19 heavy (non-hydrogen) atoms. The first-order valence-corrected chi connectivity index (χ1v) is 6.95. The summed E-state index contributed by atoms with van der Waals surface area (Å²) in [5.74, 6) is 0.896. The van der Waals surface area contributed by atoms with E-state index in [1.165, 1.54) is 0 Å². The molecule has 2 heterocycles. The second kappa shape index (κ2) is 6.30. The van der Waals surface area contributed by atoms with Gasteiger partial charge in [0, 0.05) is 31.4 Å². The normalized spacial score (nSPS) is 22.2. The number of aromatic nitrogens is 2. The maximum atomic E-state index is 5.48. The third kappa shape index (κ3) is 3.64. The number of ether oxygens (including phenoxy) is 1. The van der Waals surface area contributed by atoms with Gasteiger partial charge < -0.3 is 10.1 Å². The molecule has 0 unspecified atom stereocenters. The largest absolute Gasteiger partial charge is 0.379 e. The topological polar surface area (TPSA) is 50.3 Å². The first-order chi connectivity index (χ1) is 9.08. The van der Waals surface area contributed by atoms with Crippen LogP contribution >= 0.6 is 0 Å². The molecular formula is C14H24N4O. The number of hydrogen-bond acceptors (Lipinski definition) is 5. The molecule has 0 bridgehead atoms. The molecule has 106 valence electrons. The molecule has 0 aromatic carbocycles. The molecule has 1 fully saturated rings. The Bertz CT molecular complexity index is 424. The lowest BCUT2D eigenvalue weighted by Crippen LogP contribution is -2.50. The van der Waals surface area contributed by atoms with Gasteiger partial charge in [-0.05, 0) is 27.7 Å². The quantitative estimate of drug-likeness (QED) is 0.895. The van der Waals surface area contributed by atoms with Crippen LogP contribution in [0.15, 0.2) is 6.20 Å². The summed E-state index contributed by atoms with van der Waals surface area (Å²) in [6, 6.07) is 0.941. The molecule has 2 rings (SSSR count). The van der Waals surface area contributed by atoms with E-state index in [-0.39, 0.29) is 0 Å². The van der Waals surface area contributed by atoms with Gasteiger partial charge in [-0.25, -0.2) is 4.98 Å². The Hall–Kier alpha value is -1.20. The van der Waals surface area contributed by atoms with E-state index in [1.807, 2.05) is 13.8 Å². The highest BCUT2D eigenvalue weighted by atomic mass is 16.5. The molecule has 0 radical (unpaired) electrons. The molecule has 1 aliphatic heterocycles. The summed E-state index contributed by atoms with van der Waals surface area (Å²) >= 11 is 0. The van der Waals surface area contributed by atoms with Gasteiger partial charge in [-0.2, -0.15) is 0 Å². The summed E-state index contributed by atoms with van der Waals surface area (Å²) in [6.07, 6.45) is 1.80. The van der Waals surface area contributed by atoms with Gasteiger partial charge in [-0.1, -0.05) is 0 Å². The van der Waals surface area contributed by atoms with Gasteiger partial charge >= 0.3 is 0 Å². The third-order valence-corrected chi connectivity index (χ3v) is 3.63. The molecule has 5 nitrogen and oxygen atoms in total. The summed E-state index contributed by atoms with van der Waals surface area (Å²) in [5.41, 5.74) is 1.90. The van der Waals surface area contributed by atoms with Crippen LogP contribution in [0, 0.1) is 13.8 Å². The summed E-state index contributed by atoms with van der Waals surface area (Å²) in [5, 5.41) is 3.42. The van der Waals surface area contributed by atoms with E-state index in [0.717, 1.165) is 43.5 Å². The Morgan fingerprint density at radius 2 is 2.32 bits per heavy atom. The number of anilines is 1. The predicted octanol–water partition coefficient (Wildman–Crippen LogP) is 1.61. The summed E-state index contributed by atoms with van der Waals surface area (Å²) < 4.78 is 5.48. The molecule has 1 aromatic heterocycles. The standard InChI is InChI=1S/C14H24N4O/c1-10-7-15-13(4)14(17-10)16-8-11(2)18-5-6-19-9-12(18)3/h7,11-12H,5-6,8-9H2,1-4H3,(H,16,17)/t11-,12-/m1/s1. The van der Waals surface area contributed by atoms with Gasteiger partial charge in [0.25, 0.3) is 0 Å². The second-order valence-corrected chi connectivity index (χ2v) is 5.34. The SMILES string of the molecule is Cc1cnc(C)c(NC[C@@H](C)N2CCOC[C@H]2C)n1. The van der Waals surface area contributed by atoms with Crippen molar-refractivity contribution in [2.75, 3.05) is 31.6 Å². The highest BCUT2D eigenvalue weighted by Crippen LogP contribution is 2.13. The van der Waals surface area contributed by atoms with Crippen LogP contribution in [0.25, 0.3) is 0 Å². The predicted molar refractivity (Wildman–Crippen MR) is 76.4 cm³/mol. The minimum Gasteiger partial charge on any atom is -0.379 e. The van der Waals surface area contributed by atoms with Crippen molar-refractivity contribution >= 4 is 5.82 Å². The molecule has 0 amide bonds. The summed E-state index contributed by atoms with van der Waals surface area (Å²) in [4.78, 5) is 11.3. The smallest absolute Gasteiger partial charge is 0.147 e. The van der Waals surface area contributed by atoms with E-state index in [4.69, 9.17) is 4.74 Å². The van der Waals surface area contributed by atoms with Crippen LogP contribution in [-0.4, -0.2) is 53.3 Å². The van der Waals surface area contributed by atoms with Gasteiger partial charge in [0.1, 0.15) is 5.82 Å². The number of rotatable bonds is 4. The van der Waals surface area contributed by atoms with Crippen molar-refractivity contribution in [1.82, 2.24) is 14.9 Å². The molecule has 2 atom stereocenters. The van der Waals surface area contributed by atoms with E-state index in [2.05, 4.69) is 34.0 Å². The van der Waals surface area contributed by atoms with Gasteiger partial charge in [-0.15, -0.1) is 0 Å². The van der Waals surface area contributed by atoms with Crippen LogP contribution in [0.4, 0.5) is 5.82 Å². The number of aryl methyl sites for hydroxylation is 2. The lowest BCUT2D eigenvalue weighted by Gasteiger charge is -2.38.